The fraction of sp³-hybridized carbons (Fsp3) is 0.844. The van der Waals surface area contributed by atoms with Gasteiger partial charge in [-0.3, -0.25) is 4.79 Å². The van der Waals surface area contributed by atoms with E-state index in [1.165, 1.54) is 69.8 Å². The van der Waals surface area contributed by atoms with Gasteiger partial charge in [0.15, 0.2) is 0 Å². The average Bonchev–Trinajstić information content (AvgIpc) is 3.21. The maximum Gasteiger partial charge on any atom is 0.306 e. The van der Waals surface area contributed by atoms with E-state index in [1.807, 2.05) is 0 Å². The van der Waals surface area contributed by atoms with Gasteiger partial charge in [0.1, 0.15) is 0 Å². The number of carbonyl (C=O) groups is 1. The predicted octanol–water partition coefficient (Wildman–Crippen LogP) is 7.51. The summed E-state index contributed by atoms with van der Waals surface area (Å²) in [5.74, 6) is 2.93. The van der Waals surface area contributed by atoms with Crippen LogP contribution in [0.25, 0.3) is 0 Å². The second-order valence-corrected chi connectivity index (χ2v) is 14.6. The molecule has 3 heteroatoms. The third-order valence-corrected chi connectivity index (χ3v) is 13.8. The molecule has 4 fully saturated rings. The lowest BCUT2D eigenvalue weighted by Crippen LogP contribution is -2.66. The van der Waals surface area contributed by atoms with Crippen molar-refractivity contribution in [3.05, 3.63) is 23.3 Å². The topological polar surface area (TPSA) is 63.3 Å². The quantitative estimate of drug-likeness (QED) is 0.431. The van der Waals surface area contributed by atoms with Crippen molar-refractivity contribution < 1.29 is 9.90 Å². The molecule has 0 heterocycles. The SMILES string of the molecule is CC1C(C2=CCC(C(=O)O)CC2)=CCC2(C)C1CCC1(C)C2CCC2[C@H]3CCCC3(N)CC[C@]21C. The van der Waals surface area contributed by atoms with Gasteiger partial charge in [-0.1, -0.05) is 46.3 Å². The van der Waals surface area contributed by atoms with Crippen molar-refractivity contribution in [2.24, 2.45) is 57.5 Å². The van der Waals surface area contributed by atoms with Crippen LogP contribution in [0.2, 0.25) is 0 Å². The maximum atomic E-state index is 11.4. The van der Waals surface area contributed by atoms with Crippen molar-refractivity contribution in [1.29, 1.82) is 0 Å². The first-order valence-electron chi connectivity index (χ1n) is 14.9. The van der Waals surface area contributed by atoms with Crippen molar-refractivity contribution in [2.45, 2.75) is 117 Å². The molecule has 35 heavy (non-hydrogen) atoms. The van der Waals surface area contributed by atoms with Gasteiger partial charge in [-0.2, -0.15) is 0 Å². The number of hydrogen-bond acceptors (Lipinski definition) is 2. The molecule has 8 unspecified atom stereocenters. The van der Waals surface area contributed by atoms with E-state index >= 15 is 0 Å². The lowest BCUT2D eigenvalue weighted by molar-refractivity contribution is -0.210. The van der Waals surface area contributed by atoms with Crippen LogP contribution >= 0.6 is 0 Å². The van der Waals surface area contributed by atoms with Crippen molar-refractivity contribution in [3.8, 4) is 0 Å². The molecule has 0 radical (unpaired) electrons. The molecular weight excluding hydrogens is 430 g/mol. The molecule has 194 valence electrons. The van der Waals surface area contributed by atoms with Crippen LogP contribution < -0.4 is 5.73 Å². The molecule has 10 atom stereocenters. The zero-order valence-corrected chi connectivity index (χ0v) is 22.7. The number of rotatable bonds is 2. The molecule has 3 nitrogen and oxygen atoms in total. The van der Waals surface area contributed by atoms with E-state index in [4.69, 9.17) is 5.73 Å². The zero-order valence-electron chi connectivity index (χ0n) is 22.7. The van der Waals surface area contributed by atoms with E-state index < -0.39 is 5.97 Å². The Labute approximate surface area is 213 Å². The van der Waals surface area contributed by atoms with E-state index in [-0.39, 0.29) is 11.5 Å². The Morgan fingerprint density at radius 1 is 0.914 bits per heavy atom. The Morgan fingerprint density at radius 2 is 1.71 bits per heavy atom. The molecule has 0 aromatic heterocycles. The van der Waals surface area contributed by atoms with Crippen LogP contribution in [-0.2, 0) is 4.79 Å². The van der Waals surface area contributed by atoms with Crippen LogP contribution in [0.1, 0.15) is 111 Å². The van der Waals surface area contributed by atoms with Gasteiger partial charge >= 0.3 is 5.97 Å². The Bertz CT molecular complexity index is 967. The number of hydrogen-bond donors (Lipinski definition) is 2. The van der Waals surface area contributed by atoms with Gasteiger partial charge in [0.05, 0.1) is 5.92 Å². The van der Waals surface area contributed by atoms with Gasteiger partial charge in [0.2, 0.25) is 0 Å². The van der Waals surface area contributed by atoms with E-state index in [0.717, 1.165) is 36.5 Å². The molecule has 3 N–H and O–H groups in total. The summed E-state index contributed by atoms with van der Waals surface area (Å²) in [6.45, 7) is 10.6. The molecule has 0 bridgehead atoms. The van der Waals surface area contributed by atoms with Crippen molar-refractivity contribution >= 4 is 5.97 Å². The minimum absolute atomic E-state index is 0.138. The van der Waals surface area contributed by atoms with Crippen LogP contribution in [0.5, 0.6) is 0 Å². The van der Waals surface area contributed by atoms with E-state index in [2.05, 4.69) is 39.8 Å². The second kappa shape index (κ2) is 7.95. The smallest absolute Gasteiger partial charge is 0.306 e. The maximum absolute atomic E-state index is 11.4. The van der Waals surface area contributed by atoms with Crippen LogP contribution in [0.15, 0.2) is 23.3 Å². The molecule has 0 aromatic carbocycles. The molecule has 6 aliphatic rings. The fourth-order valence-corrected chi connectivity index (χ4v) is 11.6. The van der Waals surface area contributed by atoms with Crippen molar-refractivity contribution in [3.63, 3.8) is 0 Å². The highest BCUT2D eigenvalue weighted by molar-refractivity contribution is 5.70. The predicted molar refractivity (Wildman–Crippen MR) is 142 cm³/mol. The van der Waals surface area contributed by atoms with Gasteiger partial charge in [0.25, 0.3) is 0 Å². The van der Waals surface area contributed by atoms with E-state index in [9.17, 15) is 9.90 Å². The minimum Gasteiger partial charge on any atom is -0.481 e. The summed E-state index contributed by atoms with van der Waals surface area (Å²) in [6, 6.07) is 0. The molecule has 0 saturated heterocycles. The van der Waals surface area contributed by atoms with Crippen molar-refractivity contribution in [2.75, 3.05) is 0 Å². The van der Waals surface area contributed by atoms with Gasteiger partial charge < -0.3 is 10.8 Å². The Hall–Kier alpha value is -1.09. The van der Waals surface area contributed by atoms with Crippen LogP contribution in [0.3, 0.4) is 0 Å². The number of aliphatic carboxylic acids is 1. The summed E-state index contributed by atoms with van der Waals surface area (Å²) in [4.78, 5) is 11.4. The third-order valence-electron chi connectivity index (χ3n) is 13.8. The lowest BCUT2D eigenvalue weighted by Gasteiger charge is -2.71. The molecule has 4 saturated carbocycles. The van der Waals surface area contributed by atoms with Gasteiger partial charge in [-0.15, -0.1) is 0 Å². The second-order valence-electron chi connectivity index (χ2n) is 14.6. The van der Waals surface area contributed by atoms with Crippen molar-refractivity contribution in [1.82, 2.24) is 0 Å². The van der Waals surface area contributed by atoms with E-state index in [0.29, 0.717) is 28.6 Å². The summed E-state index contributed by atoms with van der Waals surface area (Å²) in [6.07, 6.45) is 20.7. The standard InChI is InChI=1S/C32H49NO2/c1-20-23(21-7-9-22(10-8-21)28(34)35)13-16-29(2)24(20)14-17-31(4)27(29)12-11-25-26-6-5-15-32(26,33)19-18-30(25,31)3/h7,13,20,22,24-27H,5-6,8-12,14-19,33H2,1-4H3,(H,34,35)/t20?,22?,24?,25?,26-,27?,29?,30-,31?,32?/m1/s1. The van der Waals surface area contributed by atoms with Gasteiger partial charge in [0, 0.05) is 5.54 Å². The monoisotopic (exact) mass is 479 g/mol. The number of carboxylic acid groups (broad SMARTS) is 1. The molecule has 0 spiro atoms. The van der Waals surface area contributed by atoms with Gasteiger partial charge in [-0.25, -0.2) is 0 Å². The molecule has 6 rings (SSSR count). The van der Waals surface area contributed by atoms with Crippen LogP contribution in [0, 0.1) is 51.8 Å². The Balaban J connectivity index is 1.29. The minimum atomic E-state index is -0.624. The van der Waals surface area contributed by atoms with Crippen LogP contribution in [0.4, 0.5) is 0 Å². The van der Waals surface area contributed by atoms with Gasteiger partial charge in [-0.05, 0) is 134 Å². The average molecular weight is 480 g/mol. The number of carboxylic acids is 1. The summed E-state index contributed by atoms with van der Waals surface area (Å²) in [5, 5.41) is 9.43. The largest absolute Gasteiger partial charge is 0.481 e. The fourth-order valence-electron chi connectivity index (χ4n) is 11.6. The highest BCUT2D eigenvalue weighted by atomic mass is 16.4. The Kier molecular flexibility index (Phi) is 5.51. The number of fused-ring (bicyclic) bond motifs is 7. The normalized spacial score (nSPS) is 53.4. The molecule has 0 aliphatic heterocycles. The third kappa shape index (κ3) is 3.21. The summed E-state index contributed by atoms with van der Waals surface area (Å²) in [7, 11) is 0. The number of nitrogens with two attached hydrogens (primary N) is 1. The summed E-state index contributed by atoms with van der Waals surface area (Å²) in [5.41, 5.74) is 11.5. The first-order valence-corrected chi connectivity index (χ1v) is 14.9. The molecule has 0 amide bonds. The molecule has 0 aromatic rings. The first-order chi connectivity index (χ1) is 16.5. The highest BCUT2D eigenvalue weighted by Crippen LogP contribution is 2.74. The molecular formula is C32H49NO2. The highest BCUT2D eigenvalue weighted by Gasteiger charge is 2.68. The summed E-state index contributed by atoms with van der Waals surface area (Å²) >= 11 is 0. The summed E-state index contributed by atoms with van der Waals surface area (Å²) < 4.78 is 0. The Morgan fingerprint density at radius 3 is 2.43 bits per heavy atom. The first kappa shape index (κ1) is 24.3. The van der Waals surface area contributed by atoms with E-state index in [1.54, 1.807) is 5.57 Å². The molecule has 6 aliphatic carbocycles. The van der Waals surface area contributed by atoms with Crippen LogP contribution in [-0.4, -0.2) is 16.6 Å². The lowest BCUT2D eigenvalue weighted by atomic mass is 9.34. The zero-order chi connectivity index (χ0) is 24.8. The number of allylic oxidation sites excluding steroid dienone is 4.